The predicted octanol–water partition coefficient (Wildman–Crippen LogP) is 2.62. The summed E-state index contributed by atoms with van der Waals surface area (Å²) in [6, 6.07) is 7.98. The predicted molar refractivity (Wildman–Crippen MR) is 89.6 cm³/mol. The molecular formula is C17H19N3O2S. The van der Waals surface area contributed by atoms with Crippen molar-refractivity contribution < 1.29 is 9.59 Å². The molecule has 1 saturated heterocycles. The van der Waals surface area contributed by atoms with E-state index in [1.807, 2.05) is 31.2 Å². The van der Waals surface area contributed by atoms with Crippen LogP contribution in [0.1, 0.15) is 44.3 Å². The Balaban J connectivity index is 1.60. The zero-order valence-corrected chi connectivity index (χ0v) is 13.9. The van der Waals surface area contributed by atoms with Crippen LogP contribution in [-0.4, -0.2) is 34.8 Å². The summed E-state index contributed by atoms with van der Waals surface area (Å²) >= 11 is 1.23. The minimum atomic E-state index is -0.247. The summed E-state index contributed by atoms with van der Waals surface area (Å²) in [6.45, 7) is 4.04. The number of likely N-dealkylation sites (tertiary alicyclic amines) is 1. The third-order valence-corrected chi connectivity index (χ3v) is 4.68. The monoisotopic (exact) mass is 329 g/mol. The molecule has 0 saturated carbocycles. The number of carbonyl (C=O) groups is 2. The molecule has 3 rings (SSSR count). The lowest BCUT2D eigenvalue weighted by Crippen LogP contribution is -2.28. The zero-order valence-electron chi connectivity index (χ0n) is 13.0. The first-order valence-corrected chi connectivity index (χ1v) is 8.60. The minimum absolute atomic E-state index is 0.0646. The van der Waals surface area contributed by atoms with E-state index in [4.69, 9.17) is 0 Å². The second-order valence-electron chi connectivity index (χ2n) is 5.71. The maximum atomic E-state index is 12.2. The van der Waals surface area contributed by atoms with E-state index in [0.29, 0.717) is 17.2 Å². The summed E-state index contributed by atoms with van der Waals surface area (Å²) in [7, 11) is 0. The number of nitrogens with one attached hydrogen (secondary N) is 1. The van der Waals surface area contributed by atoms with E-state index in [9.17, 15) is 9.59 Å². The Morgan fingerprint density at radius 1 is 1.30 bits per heavy atom. The lowest BCUT2D eigenvalue weighted by atomic mass is 10.1. The standard InChI is InChI=1S/C17H19N3O2S/c1-12-5-4-6-13(9-12)10-18-15(21)14-11-23-16(19-14)17(22)20-7-2-3-8-20/h4-6,9,11H,2-3,7-8,10H2,1H3,(H,18,21). The van der Waals surface area contributed by atoms with Crippen LogP contribution in [0.5, 0.6) is 0 Å². The van der Waals surface area contributed by atoms with Gasteiger partial charge < -0.3 is 10.2 Å². The van der Waals surface area contributed by atoms with Crippen LogP contribution in [0.15, 0.2) is 29.6 Å². The van der Waals surface area contributed by atoms with E-state index in [1.165, 1.54) is 11.3 Å². The van der Waals surface area contributed by atoms with Gasteiger partial charge in [-0.3, -0.25) is 9.59 Å². The zero-order chi connectivity index (χ0) is 16.2. The molecule has 1 aliphatic rings. The maximum Gasteiger partial charge on any atom is 0.282 e. The van der Waals surface area contributed by atoms with Gasteiger partial charge in [-0.2, -0.15) is 0 Å². The quantitative estimate of drug-likeness (QED) is 0.938. The summed E-state index contributed by atoms with van der Waals surface area (Å²) in [5.74, 6) is -0.312. The first kappa shape index (κ1) is 15.7. The molecule has 0 unspecified atom stereocenters. The number of benzene rings is 1. The summed E-state index contributed by atoms with van der Waals surface area (Å²) in [5.41, 5.74) is 2.51. The fourth-order valence-corrected chi connectivity index (χ4v) is 3.39. The van der Waals surface area contributed by atoms with E-state index in [1.54, 1.807) is 10.3 Å². The number of rotatable bonds is 4. The average molecular weight is 329 g/mol. The smallest absolute Gasteiger partial charge is 0.282 e. The van der Waals surface area contributed by atoms with Crippen molar-refractivity contribution in [1.82, 2.24) is 15.2 Å². The number of hydrogen-bond donors (Lipinski definition) is 1. The van der Waals surface area contributed by atoms with Crippen molar-refractivity contribution in [2.24, 2.45) is 0 Å². The fraction of sp³-hybridized carbons (Fsp3) is 0.353. The second kappa shape index (κ2) is 6.91. The summed E-state index contributed by atoms with van der Waals surface area (Å²) in [5, 5.41) is 4.89. The molecule has 1 fully saturated rings. The highest BCUT2D eigenvalue weighted by Crippen LogP contribution is 2.16. The normalized spacial score (nSPS) is 14.0. The number of nitrogens with zero attached hydrogens (tertiary/aromatic N) is 2. The van der Waals surface area contributed by atoms with Crippen molar-refractivity contribution in [3.63, 3.8) is 0 Å². The van der Waals surface area contributed by atoms with Crippen LogP contribution in [0.4, 0.5) is 0 Å². The number of aryl methyl sites for hydroxylation is 1. The van der Waals surface area contributed by atoms with Gasteiger partial charge in [0.15, 0.2) is 5.01 Å². The SMILES string of the molecule is Cc1cccc(CNC(=O)c2csc(C(=O)N3CCCC3)n2)c1. The van der Waals surface area contributed by atoms with Gasteiger partial charge in [0.2, 0.25) is 0 Å². The first-order chi connectivity index (χ1) is 11.1. The number of aromatic nitrogens is 1. The van der Waals surface area contributed by atoms with Gasteiger partial charge in [0.05, 0.1) is 0 Å². The Morgan fingerprint density at radius 3 is 2.83 bits per heavy atom. The van der Waals surface area contributed by atoms with Gasteiger partial charge in [0.1, 0.15) is 5.69 Å². The number of carbonyl (C=O) groups excluding carboxylic acids is 2. The second-order valence-corrected chi connectivity index (χ2v) is 6.57. The van der Waals surface area contributed by atoms with Gasteiger partial charge >= 0.3 is 0 Å². The van der Waals surface area contributed by atoms with Crippen LogP contribution in [0, 0.1) is 6.92 Å². The van der Waals surface area contributed by atoms with Crippen molar-refractivity contribution in [2.45, 2.75) is 26.3 Å². The van der Waals surface area contributed by atoms with Crippen molar-refractivity contribution in [2.75, 3.05) is 13.1 Å². The van der Waals surface area contributed by atoms with Gasteiger partial charge in [-0.05, 0) is 25.3 Å². The Morgan fingerprint density at radius 2 is 2.09 bits per heavy atom. The van der Waals surface area contributed by atoms with Gasteiger partial charge in [-0.25, -0.2) is 4.98 Å². The highest BCUT2D eigenvalue weighted by atomic mass is 32.1. The van der Waals surface area contributed by atoms with Gasteiger partial charge in [-0.15, -0.1) is 11.3 Å². The molecule has 0 aliphatic carbocycles. The molecule has 0 atom stereocenters. The van der Waals surface area contributed by atoms with E-state index in [2.05, 4.69) is 10.3 Å². The molecule has 2 heterocycles. The molecule has 2 amide bonds. The van der Waals surface area contributed by atoms with Crippen LogP contribution >= 0.6 is 11.3 Å². The van der Waals surface area contributed by atoms with Gasteiger partial charge in [0.25, 0.3) is 11.8 Å². The molecule has 0 bridgehead atoms. The lowest BCUT2D eigenvalue weighted by Gasteiger charge is -2.12. The van der Waals surface area contributed by atoms with E-state index < -0.39 is 0 Å². The molecule has 0 radical (unpaired) electrons. The molecule has 0 spiro atoms. The Hall–Kier alpha value is -2.21. The number of hydrogen-bond acceptors (Lipinski definition) is 4. The number of amides is 2. The van der Waals surface area contributed by atoms with Crippen LogP contribution in [-0.2, 0) is 6.54 Å². The summed E-state index contributed by atoms with van der Waals surface area (Å²) < 4.78 is 0. The molecule has 2 aromatic rings. The van der Waals surface area contributed by atoms with Gasteiger partial charge in [-0.1, -0.05) is 29.8 Å². The third kappa shape index (κ3) is 3.76. The fourth-order valence-electron chi connectivity index (χ4n) is 2.63. The minimum Gasteiger partial charge on any atom is -0.347 e. The Kier molecular flexibility index (Phi) is 4.71. The molecule has 1 N–H and O–H groups in total. The molecule has 1 aromatic carbocycles. The third-order valence-electron chi connectivity index (χ3n) is 3.85. The summed E-state index contributed by atoms with van der Waals surface area (Å²) in [6.07, 6.45) is 2.09. The highest BCUT2D eigenvalue weighted by molar-refractivity contribution is 7.11. The first-order valence-electron chi connectivity index (χ1n) is 7.72. The van der Waals surface area contributed by atoms with Crippen LogP contribution in [0.3, 0.4) is 0 Å². The van der Waals surface area contributed by atoms with Gasteiger partial charge in [0, 0.05) is 25.0 Å². The Bertz CT molecular complexity index is 720. The van der Waals surface area contributed by atoms with E-state index in [-0.39, 0.29) is 11.8 Å². The molecular weight excluding hydrogens is 310 g/mol. The topological polar surface area (TPSA) is 62.3 Å². The van der Waals surface area contributed by atoms with Crippen LogP contribution in [0.25, 0.3) is 0 Å². The molecule has 23 heavy (non-hydrogen) atoms. The molecule has 120 valence electrons. The Labute approximate surface area is 139 Å². The lowest BCUT2D eigenvalue weighted by molar-refractivity contribution is 0.0792. The molecule has 5 nitrogen and oxygen atoms in total. The molecule has 1 aliphatic heterocycles. The summed E-state index contributed by atoms with van der Waals surface area (Å²) in [4.78, 5) is 30.4. The van der Waals surface area contributed by atoms with Crippen molar-refractivity contribution >= 4 is 23.2 Å². The van der Waals surface area contributed by atoms with E-state index in [0.717, 1.165) is 37.1 Å². The maximum absolute atomic E-state index is 12.2. The average Bonchev–Trinajstić information content (AvgIpc) is 3.23. The molecule has 6 heteroatoms. The highest BCUT2D eigenvalue weighted by Gasteiger charge is 2.23. The number of thiazole rings is 1. The van der Waals surface area contributed by atoms with Crippen molar-refractivity contribution in [3.05, 3.63) is 51.5 Å². The van der Waals surface area contributed by atoms with Crippen LogP contribution < -0.4 is 5.32 Å². The van der Waals surface area contributed by atoms with E-state index >= 15 is 0 Å². The largest absolute Gasteiger partial charge is 0.347 e. The van der Waals surface area contributed by atoms with Crippen LogP contribution in [0.2, 0.25) is 0 Å². The molecule has 1 aromatic heterocycles. The van der Waals surface area contributed by atoms with Crippen molar-refractivity contribution in [3.8, 4) is 0 Å². The van der Waals surface area contributed by atoms with Crippen molar-refractivity contribution in [1.29, 1.82) is 0 Å².